The van der Waals surface area contributed by atoms with Crippen LogP contribution in [-0.4, -0.2) is 10.8 Å². The molecule has 0 amide bonds. The van der Waals surface area contributed by atoms with E-state index in [0.717, 1.165) is 20.9 Å². The second-order valence-electron chi connectivity index (χ2n) is 4.72. The molecule has 3 aromatic rings. The van der Waals surface area contributed by atoms with Gasteiger partial charge in [0.25, 0.3) is 0 Å². The van der Waals surface area contributed by atoms with E-state index in [1.165, 1.54) is 0 Å². The summed E-state index contributed by atoms with van der Waals surface area (Å²) in [4.78, 5) is 16.9. The fraction of sp³-hybridized carbons (Fsp3) is 0.0588. The summed E-state index contributed by atoms with van der Waals surface area (Å²) in [7, 11) is 0. The number of pyridine rings is 1. The molecular formula is C17H11BrClNO. The molecule has 2 nitrogen and oxygen atoms in total. The van der Waals surface area contributed by atoms with Gasteiger partial charge in [-0.15, -0.1) is 0 Å². The summed E-state index contributed by atoms with van der Waals surface area (Å²) >= 11 is 9.54. The molecule has 104 valence electrons. The van der Waals surface area contributed by atoms with Crippen molar-refractivity contribution in [2.24, 2.45) is 0 Å². The Morgan fingerprint density at radius 3 is 2.76 bits per heavy atom. The van der Waals surface area contributed by atoms with Crippen LogP contribution < -0.4 is 0 Å². The average Bonchev–Trinajstić information content (AvgIpc) is 2.49. The number of hydrogen-bond donors (Lipinski definition) is 0. The Morgan fingerprint density at radius 2 is 1.95 bits per heavy atom. The van der Waals surface area contributed by atoms with E-state index in [2.05, 4.69) is 20.9 Å². The molecule has 21 heavy (non-hydrogen) atoms. The number of ketones is 1. The van der Waals surface area contributed by atoms with Crippen molar-refractivity contribution in [3.63, 3.8) is 0 Å². The van der Waals surface area contributed by atoms with E-state index in [-0.39, 0.29) is 12.2 Å². The first-order valence-electron chi connectivity index (χ1n) is 6.46. The molecule has 0 atom stereocenters. The van der Waals surface area contributed by atoms with Gasteiger partial charge in [0.05, 0.1) is 5.52 Å². The van der Waals surface area contributed by atoms with Gasteiger partial charge >= 0.3 is 0 Å². The highest BCUT2D eigenvalue weighted by Crippen LogP contribution is 2.24. The monoisotopic (exact) mass is 359 g/mol. The fourth-order valence-corrected chi connectivity index (χ4v) is 3.00. The zero-order chi connectivity index (χ0) is 14.8. The highest BCUT2D eigenvalue weighted by molar-refractivity contribution is 9.10. The van der Waals surface area contributed by atoms with E-state index in [1.807, 2.05) is 42.5 Å². The van der Waals surface area contributed by atoms with Crippen LogP contribution in [0.15, 0.2) is 59.2 Å². The van der Waals surface area contributed by atoms with Gasteiger partial charge in [0.15, 0.2) is 5.78 Å². The number of para-hydroxylation sites is 1. The molecule has 0 aliphatic carbocycles. The topological polar surface area (TPSA) is 30.0 Å². The molecule has 0 N–H and O–H groups in total. The summed E-state index contributed by atoms with van der Waals surface area (Å²) in [5.74, 6) is 0.0172. The first kappa shape index (κ1) is 14.2. The van der Waals surface area contributed by atoms with E-state index in [0.29, 0.717) is 10.6 Å². The van der Waals surface area contributed by atoms with Gasteiger partial charge in [-0.2, -0.15) is 0 Å². The molecular weight excluding hydrogens is 350 g/mol. The minimum atomic E-state index is 0.0172. The van der Waals surface area contributed by atoms with Crippen molar-refractivity contribution >= 4 is 44.2 Å². The Labute approximate surface area is 135 Å². The minimum Gasteiger partial charge on any atom is -0.294 e. The van der Waals surface area contributed by atoms with E-state index in [1.54, 1.807) is 12.3 Å². The van der Waals surface area contributed by atoms with Crippen LogP contribution in [0.1, 0.15) is 15.9 Å². The summed E-state index contributed by atoms with van der Waals surface area (Å²) in [5, 5.41) is 1.55. The third-order valence-corrected chi connectivity index (χ3v) is 4.14. The molecule has 0 aliphatic rings. The summed E-state index contributed by atoms with van der Waals surface area (Å²) in [6, 6.07) is 15.0. The second kappa shape index (κ2) is 5.96. The van der Waals surface area contributed by atoms with Gasteiger partial charge in [0, 0.05) is 33.1 Å². The smallest absolute Gasteiger partial charge is 0.169 e. The lowest BCUT2D eigenvalue weighted by Crippen LogP contribution is -2.05. The molecule has 0 bridgehead atoms. The standard InChI is InChI=1S/C17H11BrClNO/c18-13-7-6-12(15(19)10-13)9-16(21)14-5-1-3-11-4-2-8-20-17(11)14/h1-8,10H,9H2. The van der Waals surface area contributed by atoms with Crippen molar-refractivity contribution in [3.8, 4) is 0 Å². The van der Waals surface area contributed by atoms with Gasteiger partial charge in [-0.25, -0.2) is 0 Å². The highest BCUT2D eigenvalue weighted by atomic mass is 79.9. The summed E-state index contributed by atoms with van der Waals surface area (Å²) in [6.45, 7) is 0. The summed E-state index contributed by atoms with van der Waals surface area (Å²) < 4.78 is 0.899. The number of nitrogens with zero attached hydrogens (tertiary/aromatic N) is 1. The highest BCUT2D eigenvalue weighted by Gasteiger charge is 2.13. The van der Waals surface area contributed by atoms with Crippen LogP contribution in [0, 0.1) is 0 Å². The molecule has 0 fully saturated rings. The van der Waals surface area contributed by atoms with Gasteiger partial charge in [0.2, 0.25) is 0 Å². The Kier molecular flexibility index (Phi) is 4.04. The quantitative estimate of drug-likeness (QED) is 0.610. The SMILES string of the molecule is O=C(Cc1ccc(Br)cc1Cl)c1cccc2cccnc12. The molecule has 0 spiro atoms. The molecule has 0 unspecified atom stereocenters. The number of halogens is 2. The molecule has 1 aromatic heterocycles. The van der Waals surface area contributed by atoms with Crippen molar-refractivity contribution in [3.05, 3.63) is 75.4 Å². The Bertz CT molecular complexity index is 827. The lowest BCUT2D eigenvalue weighted by molar-refractivity contribution is 0.0994. The second-order valence-corrected chi connectivity index (χ2v) is 6.04. The third-order valence-electron chi connectivity index (χ3n) is 3.30. The molecule has 2 aromatic carbocycles. The average molecular weight is 361 g/mol. The normalized spacial score (nSPS) is 10.8. The zero-order valence-electron chi connectivity index (χ0n) is 11.0. The van der Waals surface area contributed by atoms with Gasteiger partial charge in [-0.05, 0) is 29.8 Å². The van der Waals surface area contributed by atoms with Crippen LogP contribution in [-0.2, 0) is 6.42 Å². The molecule has 0 saturated heterocycles. The van der Waals surface area contributed by atoms with Crippen molar-refractivity contribution in [2.45, 2.75) is 6.42 Å². The van der Waals surface area contributed by atoms with E-state index in [4.69, 9.17) is 11.6 Å². The molecule has 0 radical (unpaired) electrons. The maximum Gasteiger partial charge on any atom is 0.169 e. The molecule has 0 saturated carbocycles. The fourth-order valence-electron chi connectivity index (χ4n) is 2.26. The number of carbonyl (C=O) groups excluding carboxylic acids is 1. The number of fused-ring (bicyclic) bond motifs is 1. The van der Waals surface area contributed by atoms with Crippen LogP contribution in [0.2, 0.25) is 5.02 Å². The first-order valence-corrected chi connectivity index (χ1v) is 7.63. The summed E-state index contributed by atoms with van der Waals surface area (Å²) in [5.41, 5.74) is 2.18. The van der Waals surface area contributed by atoms with Gasteiger partial charge in [-0.1, -0.05) is 51.8 Å². The largest absolute Gasteiger partial charge is 0.294 e. The number of benzene rings is 2. The van der Waals surface area contributed by atoms with Crippen molar-refractivity contribution in [2.75, 3.05) is 0 Å². The van der Waals surface area contributed by atoms with Crippen LogP contribution in [0.25, 0.3) is 10.9 Å². The van der Waals surface area contributed by atoms with Crippen molar-refractivity contribution in [1.82, 2.24) is 4.98 Å². The maximum absolute atomic E-state index is 12.6. The molecule has 0 aliphatic heterocycles. The van der Waals surface area contributed by atoms with Gasteiger partial charge < -0.3 is 0 Å². The predicted octanol–water partition coefficient (Wildman–Crippen LogP) is 5.08. The van der Waals surface area contributed by atoms with Gasteiger partial charge in [-0.3, -0.25) is 9.78 Å². The molecule has 1 heterocycles. The van der Waals surface area contributed by atoms with E-state index in [9.17, 15) is 4.79 Å². The Hall–Kier alpha value is -1.71. The zero-order valence-corrected chi connectivity index (χ0v) is 13.4. The van der Waals surface area contributed by atoms with Crippen LogP contribution >= 0.6 is 27.5 Å². The maximum atomic E-state index is 12.6. The Balaban J connectivity index is 1.97. The number of aromatic nitrogens is 1. The number of Topliss-reactive ketones (excluding diaryl/α,β-unsaturated/α-hetero) is 1. The van der Waals surface area contributed by atoms with Crippen LogP contribution in [0.5, 0.6) is 0 Å². The molecule has 4 heteroatoms. The van der Waals surface area contributed by atoms with E-state index >= 15 is 0 Å². The van der Waals surface area contributed by atoms with Crippen molar-refractivity contribution < 1.29 is 4.79 Å². The molecule has 3 rings (SSSR count). The lowest BCUT2D eigenvalue weighted by Gasteiger charge is -2.07. The lowest BCUT2D eigenvalue weighted by atomic mass is 10.0. The van der Waals surface area contributed by atoms with Crippen LogP contribution in [0.4, 0.5) is 0 Å². The minimum absolute atomic E-state index is 0.0172. The van der Waals surface area contributed by atoms with Crippen LogP contribution in [0.3, 0.4) is 0 Å². The number of hydrogen-bond acceptors (Lipinski definition) is 2. The summed E-state index contributed by atoms with van der Waals surface area (Å²) in [6.07, 6.45) is 1.97. The van der Waals surface area contributed by atoms with Gasteiger partial charge in [0.1, 0.15) is 0 Å². The number of rotatable bonds is 3. The van der Waals surface area contributed by atoms with E-state index < -0.39 is 0 Å². The number of carbonyl (C=O) groups is 1. The Morgan fingerprint density at radius 1 is 1.14 bits per heavy atom. The third kappa shape index (κ3) is 2.99. The predicted molar refractivity (Wildman–Crippen MR) is 88.9 cm³/mol. The van der Waals surface area contributed by atoms with Crippen molar-refractivity contribution in [1.29, 1.82) is 0 Å². The first-order chi connectivity index (χ1) is 10.1.